The molecule has 180 valence electrons. The molecule has 2 heterocycles. The van der Waals surface area contributed by atoms with Crippen molar-refractivity contribution in [2.45, 2.75) is 0 Å². The number of urea groups is 1. The summed E-state index contributed by atoms with van der Waals surface area (Å²) in [4.78, 5) is 58.7. The van der Waals surface area contributed by atoms with Crippen LogP contribution in [0.2, 0.25) is 0 Å². The minimum atomic E-state index is -0.554. The number of amides is 4. The van der Waals surface area contributed by atoms with Crippen LogP contribution in [0, 0.1) is 10.1 Å². The first-order chi connectivity index (χ1) is 16.3. The van der Waals surface area contributed by atoms with E-state index in [4.69, 9.17) is 17.5 Å². The van der Waals surface area contributed by atoms with Crippen molar-refractivity contribution in [2.24, 2.45) is 5.90 Å². The fourth-order valence-corrected chi connectivity index (χ4v) is 4.44. The molecule has 12 nitrogen and oxygen atoms in total. The number of nitrogens with two attached hydrogens (primary N) is 1. The van der Waals surface area contributed by atoms with Gasteiger partial charge in [-0.1, -0.05) is 12.1 Å². The fourth-order valence-electron chi connectivity index (χ4n) is 4.28. The van der Waals surface area contributed by atoms with Crippen molar-refractivity contribution in [2.75, 3.05) is 51.7 Å². The van der Waals surface area contributed by atoms with E-state index in [1.807, 2.05) is 4.90 Å². The molecule has 0 bridgehead atoms. The molecule has 34 heavy (non-hydrogen) atoms. The summed E-state index contributed by atoms with van der Waals surface area (Å²) in [6.07, 6.45) is 0. The van der Waals surface area contributed by atoms with E-state index in [1.54, 1.807) is 23.1 Å². The Kier molecular flexibility index (Phi) is 6.93. The minimum Gasteiger partial charge on any atom is -0.320 e. The van der Waals surface area contributed by atoms with Gasteiger partial charge in [-0.15, -0.1) is 11.6 Å². The number of carbonyl (C=O) groups is 3. The summed E-state index contributed by atoms with van der Waals surface area (Å²) < 4.78 is 0. The Morgan fingerprint density at radius 3 is 2.47 bits per heavy atom. The summed E-state index contributed by atoms with van der Waals surface area (Å²) in [6.45, 7) is 2.56. The van der Waals surface area contributed by atoms with Crippen molar-refractivity contribution < 1.29 is 24.2 Å². The van der Waals surface area contributed by atoms with Crippen LogP contribution in [0.15, 0.2) is 30.3 Å². The topological polar surface area (TPSA) is 143 Å². The maximum atomic E-state index is 13.1. The predicted octanol–water partition coefficient (Wildman–Crippen LogP) is 1.43. The maximum absolute atomic E-state index is 13.1. The summed E-state index contributed by atoms with van der Waals surface area (Å²) in [7, 11) is 0. The largest absolute Gasteiger partial charge is 0.345 e. The summed E-state index contributed by atoms with van der Waals surface area (Å²) in [5.41, 5.74) is 0.294. The van der Waals surface area contributed by atoms with Gasteiger partial charge in [0.15, 0.2) is 0 Å². The Morgan fingerprint density at radius 2 is 1.82 bits per heavy atom. The third-order valence-corrected chi connectivity index (χ3v) is 6.20. The van der Waals surface area contributed by atoms with Crippen molar-refractivity contribution >= 4 is 45.9 Å². The number of imide groups is 1. The Labute approximate surface area is 199 Å². The van der Waals surface area contributed by atoms with Crippen molar-refractivity contribution in [1.82, 2.24) is 19.8 Å². The number of nitro groups is 1. The van der Waals surface area contributed by atoms with E-state index >= 15 is 0 Å². The molecule has 2 aromatic carbocycles. The lowest BCUT2D eigenvalue weighted by Crippen LogP contribution is -2.54. The molecule has 0 aromatic heterocycles. The van der Waals surface area contributed by atoms with Crippen LogP contribution < -0.4 is 5.90 Å². The minimum absolute atomic E-state index is 0.119. The third kappa shape index (κ3) is 4.40. The number of halogens is 1. The molecule has 2 aliphatic heterocycles. The maximum Gasteiger partial charge on any atom is 0.345 e. The number of benzene rings is 2. The van der Waals surface area contributed by atoms with Gasteiger partial charge in [0.1, 0.15) is 0 Å². The number of non-ortho nitro benzene ring substituents is 1. The number of alkyl halides is 1. The van der Waals surface area contributed by atoms with E-state index in [-0.39, 0.29) is 36.3 Å². The van der Waals surface area contributed by atoms with Gasteiger partial charge in [-0.3, -0.25) is 29.5 Å². The number of nitro benzene ring substituents is 1. The Bertz CT molecular complexity index is 1150. The highest BCUT2D eigenvalue weighted by atomic mass is 35.5. The van der Waals surface area contributed by atoms with E-state index in [2.05, 4.69) is 4.94 Å². The summed E-state index contributed by atoms with van der Waals surface area (Å²) >= 11 is 5.65. The van der Waals surface area contributed by atoms with Crippen molar-refractivity contribution in [1.29, 1.82) is 0 Å². The van der Waals surface area contributed by atoms with E-state index in [0.29, 0.717) is 49.1 Å². The van der Waals surface area contributed by atoms with Gasteiger partial charge in [0, 0.05) is 68.2 Å². The van der Waals surface area contributed by atoms with Gasteiger partial charge in [0.25, 0.3) is 17.5 Å². The van der Waals surface area contributed by atoms with Crippen LogP contribution in [0.1, 0.15) is 20.7 Å². The zero-order valence-electron chi connectivity index (χ0n) is 18.2. The SMILES string of the molecule is NON(CCCl)C(=O)N1CCN(CCN2C(=O)c3cccc4cc([N+](=O)[O-])cc(c34)C2=O)CC1. The molecule has 4 rings (SSSR count). The number of rotatable bonds is 7. The molecule has 0 aliphatic carbocycles. The number of hydroxylamine groups is 2. The lowest BCUT2D eigenvalue weighted by atomic mass is 9.93. The van der Waals surface area contributed by atoms with Crippen LogP contribution in [0.3, 0.4) is 0 Å². The molecule has 0 spiro atoms. The van der Waals surface area contributed by atoms with E-state index in [9.17, 15) is 24.5 Å². The molecular weight excluding hydrogens is 468 g/mol. The molecule has 2 N–H and O–H groups in total. The molecule has 13 heteroatoms. The number of piperazine rings is 1. The highest BCUT2D eigenvalue weighted by Gasteiger charge is 2.35. The average Bonchev–Trinajstić information content (AvgIpc) is 2.85. The van der Waals surface area contributed by atoms with Crippen LogP contribution in [-0.4, -0.2) is 94.2 Å². The first-order valence-electron chi connectivity index (χ1n) is 10.6. The van der Waals surface area contributed by atoms with E-state index < -0.39 is 16.7 Å². The van der Waals surface area contributed by atoms with Crippen LogP contribution in [0.5, 0.6) is 0 Å². The van der Waals surface area contributed by atoms with Crippen LogP contribution in [0.25, 0.3) is 10.8 Å². The number of hydrogen-bond acceptors (Lipinski definition) is 8. The van der Waals surface area contributed by atoms with E-state index in [1.165, 1.54) is 12.1 Å². The normalized spacial score (nSPS) is 16.3. The molecule has 0 radical (unpaired) electrons. The fraction of sp³-hybridized carbons (Fsp3) is 0.381. The lowest BCUT2D eigenvalue weighted by molar-refractivity contribution is -0.384. The molecule has 0 saturated carbocycles. The molecule has 0 atom stereocenters. The van der Waals surface area contributed by atoms with Gasteiger partial charge in [0.05, 0.1) is 17.0 Å². The predicted molar refractivity (Wildman–Crippen MR) is 122 cm³/mol. The molecule has 0 unspecified atom stereocenters. The first-order valence-corrected chi connectivity index (χ1v) is 11.2. The number of nitrogens with zero attached hydrogens (tertiary/aromatic N) is 5. The summed E-state index contributed by atoms with van der Waals surface area (Å²) in [5.74, 6) is 4.34. The average molecular weight is 491 g/mol. The Morgan fingerprint density at radius 1 is 1.12 bits per heavy atom. The second-order valence-corrected chi connectivity index (χ2v) is 8.30. The van der Waals surface area contributed by atoms with Gasteiger partial charge < -0.3 is 4.90 Å². The Balaban J connectivity index is 1.43. The third-order valence-electron chi connectivity index (χ3n) is 6.03. The van der Waals surface area contributed by atoms with Gasteiger partial charge in [-0.05, 0) is 11.5 Å². The van der Waals surface area contributed by atoms with Gasteiger partial charge in [-0.25, -0.2) is 4.79 Å². The highest BCUT2D eigenvalue weighted by molar-refractivity contribution is 6.25. The molecule has 4 amide bonds. The van der Waals surface area contributed by atoms with Crippen molar-refractivity contribution in [3.05, 3.63) is 51.6 Å². The Hall–Kier alpha value is -3.32. The van der Waals surface area contributed by atoms with Gasteiger partial charge in [-0.2, -0.15) is 15.9 Å². The second-order valence-electron chi connectivity index (χ2n) is 7.92. The van der Waals surface area contributed by atoms with Crippen molar-refractivity contribution in [3.8, 4) is 0 Å². The van der Waals surface area contributed by atoms with Gasteiger partial charge in [0.2, 0.25) is 0 Å². The van der Waals surface area contributed by atoms with E-state index in [0.717, 1.165) is 9.96 Å². The smallest absolute Gasteiger partial charge is 0.320 e. The lowest BCUT2D eigenvalue weighted by Gasteiger charge is -2.37. The standard InChI is InChI=1S/C21H23ClN6O6/c22-4-5-27(34-23)21(31)25-9-6-24(7-10-25)8-11-26-19(29)16-3-1-2-14-12-15(28(32)33)13-17(18(14)16)20(26)30/h1-3,12-13H,4-11,23H2. The quantitative estimate of drug-likeness (QED) is 0.266. The van der Waals surface area contributed by atoms with Gasteiger partial charge >= 0.3 is 6.03 Å². The van der Waals surface area contributed by atoms with Crippen LogP contribution in [-0.2, 0) is 4.94 Å². The molecule has 2 aliphatic rings. The zero-order valence-corrected chi connectivity index (χ0v) is 18.9. The molecule has 1 fully saturated rings. The van der Waals surface area contributed by atoms with Crippen LogP contribution >= 0.6 is 11.6 Å². The monoisotopic (exact) mass is 490 g/mol. The van der Waals surface area contributed by atoms with Crippen molar-refractivity contribution in [3.63, 3.8) is 0 Å². The highest BCUT2D eigenvalue weighted by Crippen LogP contribution is 2.33. The molecule has 2 aromatic rings. The number of hydrogen-bond donors (Lipinski definition) is 1. The number of carbonyl (C=O) groups excluding carboxylic acids is 3. The molecular formula is C21H23ClN6O6. The second kappa shape index (κ2) is 9.89. The summed E-state index contributed by atoms with van der Waals surface area (Å²) in [6, 6.07) is 7.13. The molecule has 1 saturated heterocycles. The van der Waals surface area contributed by atoms with Crippen LogP contribution in [0.4, 0.5) is 10.5 Å². The summed E-state index contributed by atoms with van der Waals surface area (Å²) in [5, 5.41) is 13.2. The first kappa shape index (κ1) is 23.8. The zero-order chi connectivity index (χ0) is 24.4.